The van der Waals surface area contributed by atoms with Gasteiger partial charge in [-0.2, -0.15) is 0 Å². The second-order valence-electron chi connectivity index (χ2n) is 6.97. The van der Waals surface area contributed by atoms with Gasteiger partial charge < -0.3 is 14.5 Å². The van der Waals surface area contributed by atoms with Gasteiger partial charge in [0.2, 0.25) is 0 Å². The summed E-state index contributed by atoms with van der Waals surface area (Å²) in [6.45, 7) is 11.1. The molecule has 0 aliphatic carbocycles. The molecule has 0 bridgehead atoms. The molecule has 2 aromatic rings. The molecule has 0 aromatic heterocycles. The summed E-state index contributed by atoms with van der Waals surface area (Å²) >= 11 is 0. The van der Waals surface area contributed by atoms with Crippen molar-refractivity contribution in [1.29, 1.82) is 0 Å². The van der Waals surface area contributed by atoms with Gasteiger partial charge in [0, 0.05) is 5.39 Å². The van der Waals surface area contributed by atoms with Gasteiger partial charge in [-0.3, -0.25) is 0 Å². The Balaban J connectivity index is 2.46. The number of rotatable bonds is 3. The summed E-state index contributed by atoms with van der Waals surface area (Å²) in [6, 6.07) is 11.3. The third-order valence-electron chi connectivity index (χ3n) is 4.33. The van der Waals surface area contributed by atoms with Gasteiger partial charge in [-0.1, -0.05) is 51.1 Å². The fourth-order valence-corrected chi connectivity index (χ4v) is 2.98. The highest BCUT2D eigenvalue weighted by atomic mass is 28.4. The van der Waals surface area contributed by atoms with E-state index in [2.05, 4.69) is 33.9 Å². The summed E-state index contributed by atoms with van der Waals surface area (Å²) in [4.78, 5) is 0. The molecule has 2 aromatic carbocycles. The minimum absolute atomic E-state index is 0.135. The molecule has 0 spiro atoms. The zero-order valence-electron chi connectivity index (χ0n) is 13.3. The first kappa shape index (κ1) is 16.1. The van der Waals surface area contributed by atoms with Gasteiger partial charge in [0.25, 0.3) is 8.32 Å². The summed E-state index contributed by atoms with van der Waals surface area (Å²) in [7, 11) is -3.34. The molecular formula is C16H23BO3Si. The van der Waals surface area contributed by atoms with Crippen LogP contribution in [0.15, 0.2) is 36.4 Å². The largest absolute Gasteiger partial charge is 0.543 e. The molecule has 21 heavy (non-hydrogen) atoms. The van der Waals surface area contributed by atoms with Gasteiger partial charge in [-0.15, -0.1) is 0 Å². The van der Waals surface area contributed by atoms with E-state index in [4.69, 9.17) is 4.43 Å². The summed E-state index contributed by atoms with van der Waals surface area (Å²) in [5, 5.41) is 20.7. The molecule has 0 aliphatic rings. The van der Waals surface area contributed by atoms with Crippen LogP contribution in [-0.2, 0) is 0 Å². The van der Waals surface area contributed by atoms with Crippen LogP contribution in [0.5, 0.6) is 5.75 Å². The second kappa shape index (κ2) is 5.48. The predicted molar refractivity (Wildman–Crippen MR) is 91.6 cm³/mol. The number of fused-ring (bicyclic) bond motifs is 1. The van der Waals surface area contributed by atoms with E-state index in [1.807, 2.05) is 24.3 Å². The number of benzene rings is 2. The summed E-state index contributed by atoms with van der Waals surface area (Å²) in [6.07, 6.45) is 0. The predicted octanol–water partition coefficient (Wildman–Crippen LogP) is 2.90. The Hall–Kier alpha value is -1.30. The van der Waals surface area contributed by atoms with Crippen LogP contribution < -0.4 is 9.89 Å². The lowest BCUT2D eigenvalue weighted by atomic mass is 9.79. The van der Waals surface area contributed by atoms with Crippen LogP contribution in [0.1, 0.15) is 20.8 Å². The van der Waals surface area contributed by atoms with Gasteiger partial charge in [-0.05, 0) is 35.0 Å². The Morgan fingerprint density at radius 1 is 1.05 bits per heavy atom. The highest BCUT2D eigenvalue weighted by Gasteiger charge is 2.39. The molecule has 2 N–H and O–H groups in total. The third kappa shape index (κ3) is 3.31. The summed E-state index contributed by atoms with van der Waals surface area (Å²) < 4.78 is 6.39. The van der Waals surface area contributed by atoms with Crippen LogP contribution in [0, 0.1) is 0 Å². The first-order chi connectivity index (χ1) is 9.62. The van der Waals surface area contributed by atoms with Crippen molar-refractivity contribution in [3.05, 3.63) is 36.4 Å². The lowest BCUT2D eigenvalue weighted by Gasteiger charge is -2.36. The molecule has 0 saturated carbocycles. The number of hydrogen-bond donors (Lipinski definition) is 2. The van der Waals surface area contributed by atoms with Crippen molar-refractivity contribution in [2.75, 3.05) is 0 Å². The third-order valence-corrected chi connectivity index (χ3v) is 8.68. The highest BCUT2D eigenvalue weighted by molar-refractivity contribution is 6.74. The van der Waals surface area contributed by atoms with E-state index in [1.165, 1.54) is 0 Å². The Labute approximate surface area is 127 Å². The van der Waals surface area contributed by atoms with Crippen molar-refractivity contribution in [3.63, 3.8) is 0 Å². The van der Waals surface area contributed by atoms with Crippen molar-refractivity contribution in [2.45, 2.75) is 38.9 Å². The van der Waals surface area contributed by atoms with Crippen LogP contribution in [0.3, 0.4) is 0 Å². The Bertz CT molecular complexity index is 648. The van der Waals surface area contributed by atoms with E-state index < -0.39 is 15.4 Å². The van der Waals surface area contributed by atoms with Crippen molar-refractivity contribution in [3.8, 4) is 5.75 Å². The zero-order chi connectivity index (χ0) is 15.8. The smallest absolute Gasteiger partial charge is 0.488 e. The second-order valence-corrected chi connectivity index (χ2v) is 11.7. The molecule has 2 rings (SSSR count). The Kier molecular flexibility index (Phi) is 4.20. The molecule has 0 unspecified atom stereocenters. The standard InChI is InChI=1S/C16H23BO3Si/c1-16(2,3)21(4,5)20-15-8-6-7-12-11-13(17(18)19)9-10-14(12)15/h6-11,18-19H,1-5H3. The molecular weight excluding hydrogens is 279 g/mol. The molecule has 0 saturated heterocycles. The SMILES string of the molecule is CC(C)(C)[Si](C)(C)Oc1cccc2cc(B(O)O)ccc12. The van der Waals surface area contributed by atoms with Crippen molar-refractivity contribution < 1.29 is 14.5 Å². The Morgan fingerprint density at radius 3 is 2.29 bits per heavy atom. The maximum absolute atomic E-state index is 9.28. The van der Waals surface area contributed by atoms with Gasteiger partial charge in [-0.25, -0.2) is 0 Å². The van der Waals surface area contributed by atoms with E-state index in [-0.39, 0.29) is 5.04 Å². The van der Waals surface area contributed by atoms with Gasteiger partial charge in [0.1, 0.15) is 5.75 Å². The van der Waals surface area contributed by atoms with E-state index >= 15 is 0 Å². The maximum Gasteiger partial charge on any atom is 0.488 e. The average molecular weight is 302 g/mol. The number of hydrogen-bond acceptors (Lipinski definition) is 3. The molecule has 0 heterocycles. The molecule has 0 aliphatic heterocycles. The van der Waals surface area contributed by atoms with Gasteiger partial charge >= 0.3 is 7.12 Å². The van der Waals surface area contributed by atoms with Crippen molar-refractivity contribution in [1.82, 2.24) is 0 Å². The zero-order valence-corrected chi connectivity index (χ0v) is 14.3. The topological polar surface area (TPSA) is 49.7 Å². The fraction of sp³-hybridized carbons (Fsp3) is 0.375. The summed E-state index contributed by atoms with van der Waals surface area (Å²) in [5.74, 6) is 0.873. The summed E-state index contributed by atoms with van der Waals surface area (Å²) in [5.41, 5.74) is 0.493. The monoisotopic (exact) mass is 302 g/mol. The minimum Gasteiger partial charge on any atom is -0.543 e. The van der Waals surface area contributed by atoms with Crippen LogP contribution in [-0.4, -0.2) is 25.5 Å². The van der Waals surface area contributed by atoms with Gasteiger partial charge in [0.15, 0.2) is 0 Å². The Morgan fingerprint density at radius 2 is 1.71 bits per heavy atom. The van der Waals surface area contributed by atoms with E-state index in [0.29, 0.717) is 5.46 Å². The molecule has 5 heteroatoms. The first-order valence-electron chi connectivity index (χ1n) is 7.20. The van der Waals surface area contributed by atoms with E-state index in [9.17, 15) is 10.0 Å². The van der Waals surface area contributed by atoms with Crippen LogP contribution in [0.25, 0.3) is 10.8 Å². The fourth-order valence-electron chi connectivity index (χ4n) is 1.95. The van der Waals surface area contributed by atoms with Crippen LogP contribution >= 0.6 is 0 Å². The first-order valence-corrected chi connectivity index (χ1v) is 10.1. The van der Waals surface area contributed by atoms with Crippen LogP contribution in [0.4, 0.5) is 0 Å². The van der Waals surface area contributed by atoms with Crippen molar-refractivity contribution >= 4 is 31.7 Å². The molecule has 0 fully saturated rings. The van der Waals surface area contributed by atoms with Crippen molar-refractivity contribution in [2.24, 2.45) is 0 Å². The maximum atomic E-state index is 9.28. The highest BCUT2D eigenvalue weighted by Crippen LogP contribution is 2.39. The molecule has 112 valence electrons. The molecule has 0 radical (unpaired) electrons. The normalized spacial score (nSPS) is 12.5. The van der Waals surface area contributed by atoms with Crippen LogP contribution in [0.2, 0.25) is 18.1 Å². The molecule has 0 atom stereocenters. The average Bonchev–Trinajstić information content (AvgIpc) is 2.36. The van der Waals surface area contributed by atoms with E-state index in [1.54, 1.807) is 12.1 Å². The molecule has 3 nitrogen and oxygen atoms in total. The minimum atomic E-state index is -1.90. The van der Waals surface area contributed by atoms with Gasteiger partial charge in [0.05, 0.1) is 0 Å². The quantitative estimate of drug-likeness (QED) is 0.857. The lowest BCUT2D eigenvalue weighted by molar-refractivity contribution is 0.426. The lowest BCUT2D eigenvalue weighted by Crippen LogP contribution is -2.43. The molecule has 0 amide bonds. The van der Waals surface area contributed by atoms with E-state index in [0.717, 1.165) is 16.5 Å².